The van der Waals surface area contributed by atoms with Crippen LogP contribution in [0.3, 0.4) is 0 Å². The molecule has 0 aliphatic carbocycles. The summed E-state index contributed by atoms with van der Waals surface area (Å²) < 4.78 is 42.2. The average molecular weight is 351 g/mol. The van der Waals surface area contributed by atoms with Crippen molar-refractivity contribution in [3.05, 3.63) is 41.9 Å². The minimum atomic E-state index is -4.71. The molecule has 2 aromatic heterocycles. The lowest BCUT2D eigenvalue weighted by molar-refractivity contribution is -0.274. The molecule has 3 aromatic rings. The topological polar surface area (TPSA) is 64.3 Å². The van der Waals surface area contributed by atoms with Gasteiger partial charge in [-0.15, -0.1) is 13.2 Å². The van der Waals surface area contributed by atoms with E-state index in [1.54, 1.807) is 4.52 Å². The van der Waals surface area contributed by atoms with Crippen LogP contribution in [-0.2, 0) is 6.42 Å². The standard InChI is InChI=1S/C16H16F3N5O/c1-3-4-13-10(2)22-15-20-9-21-24(15)14(13)23-11-5-7-12(8-6-11)25-16(17,18)19/h5-9,23H,3-4H2,1-2H3. The van der Waals surface area contributed by atoms with Crippen LogP contribution in [0.1, 0.15) is 24.6 Å². The average Bonchev–Trinajstić information content (AvgIpc) is 2.99. The van der Waals surface area contributed by atoms with Crippen molar-refractivity contribution in [1.82, 2.24) is 19.6 Å². The molecule has 6 nitrogen and oxygen atoms in total. The van der Waals surface area contributed by atoms with Gasteiger partial charge in [0.25, 0.3) is 5.78 Å². The summed E-state index contributed by atoms with van der Waals surface area (Å²) in [6.07, 6.45) is -1.61. The molecule has 0 bridgehead atoms. The number of nitrogens with one attached hydrogen (secondary N) is 1. The minimum Gasteiger partial charge on any atom is -0.406 e. The van der Waals surface area contributed by atoms with Crippen LogP contribution in [0.4, 0.5) is 24.7 Å². The Balaban J connectivity index is 1.94. The smallest absolute Gasteiger partial charge is 0.406 e. The number of benzene rings is 1. The summed E-state index contributed by atoms with van der Waals surface area (Å²) >= 11 is 0. The van der Waals surface area contributed by atoms with Crippen molar-refractivity contribution in [1.29, 1.82) is 0 Å². The highest BCUT2D eigenvalue weighted by Gasteiger charge is 2.31. The summed E-state index contributed by atoms with van der Waals surface area (Å²) in [5.41, 5.74) is 2.42. The van der Waals surface area contributed by atoms with Crippen LogP contribution < -0.4 is 10.1 Å². The Kier molecular flexibility index (Phi) is 4.47. The van der Waals surface area contributed by atoms with Crippen LogP contribution in [0, 0.1) is 6.92 Å². The molecule has 1 aromatic carbocycles. The Hall–Kier alpha value is -2.84. The summed E-state index contributed by atoms with van der Waals surface area (Å²) in [6.45, 7) is 3.95. The molecular formula is C16H16F3N5O. The van der Waals surface area contributed by atoms with Crippen molar-refractivity contribution < 1.29 is 17.9 Å². The fraction of sp³-hybridized carbons (Fsp3) is 0.312. The quantitative estimate of drug-likeness (QED) is 0.752. The molecule has 0 aliphatic heterocycles. The molecular weight excluding hydrogens is 335 g/mol. The van der Waals surface area contributed by atoms with Crippen LogP contribution in [0.15, 0.2) is 30.6 Å². The van der Waals surface area contributed by atoms with Crippen LogP contribution in [0.25, 0.3) is 5.78 Å². The molecule has 0 fully saturated rings. The Bertz CT molecular complexity index is 874. The van der Waals surface area contributed by atoms with Crippen molar-refractivity contribution in [3.63, 3.8) is 0 Å². The van der Waals surface area contributed by atoms with E-state index in [-0.39, 0.29) is 5.75 Å². The van der Waals surface area contributed by atoms with Gasteiger partial charge in [0.15, 0.2) is 0 Å². The van der Waals surface area contributed by atoms with Crippen LogP contribution in [-0.4, -0.2) is 25.9 Å². The number of anilines is 2. The summed E-state index contributed by atoms with van der Waals surface area (Å²) in [4.78, 5) is 8.51. The maximum atomic E-state index is 12.2. The van der Waals surface area contributed by atoms with Crippen LogP contribution in [0.2, 0.25) is 0 Å². The summed E-state index contributed by atoms with van der Waals surface area (Å²) in [5.74, 6) is 0.881. The molecule has 1 N–H and O–H groups in total. The van der Waals surface area contributed by atoms with Crippen LogP contribution >= 0.6 is 0 Å². The zero-order chi connectivity index (χ0) is 18.0. The maximum absolute atomic E-state index is 12.2. The highest BCUT2D eigenvalue weighted by atomic mass is 19.4. The van der Waals surface area contributed by atoms with Gasteiger partial charge in [0.1, 0.15) is 17.9 Å². The molecule has 132 valence electrons. The van der Waals surface area contributed by atoms with E-state index in [9.17, 15) is 13.2 Å². The lowest BCUT2D eigenvalue weighted by atomic mass is 10.1. The summed E-state index contributed by atoms with van der Waals surface area (Å²) in [7, 11) is 0. The number of aromatic nitrogens is 4. The third kappa shape index (κ3) is 3.81. The van der Waals surface area contributed by atoms with E-state index in [2.05, 4.69) is 32.0 Å². The first kappa shape index (κ1) is 17.0. The Morgan fingerprint density at radius 3 is 2.56 bits per heavy atom. The normalized spacial score (nSPS) is 11.7. The van der Waals surface area contributed by atoms with Gasteiger partial charge in [-0.2, -0.15) is 14.6 Å². The summed E-state index contributed by atoms with van der Waals surface area (Å²) in [5, 5.41) is 7.37. The second-order valence-corrected chi connectivity index (χ2v) is 5.44. The van der Waals surface area contributed by atoms with Crippen molar-refractivity contribution in [2.75, 3.05) is 5.32 Å². The fourth-order valence-corrected chi connectivity index (χ4v) is 2.54. The van der Waals surface area contributed by atoms with E-state index < -0.39 is 6.36 Å². The second-order valence-electron chi connectivity index (χ2n) is 5.44. The molecule has 0 radical (unpaired) electrons. The number of rotatable bonds is 5. The molecule has 0 unspecified atom stereocenters. The highest BCUT2D eigenvalue weighted by Crippen LogP contribution is 2.27. The predicted octanol–water partition coefficient (Wildman–Crippen LogP) is 4.03. The Morgan fingerprint density at radius 2 is 1.92 bits per heavy atom. The van der Waals surface area contributed by atoms with Gasteiger partial charge in [-0.3, -0.25) is 0 Å². The number of alkyl halides is 3. The SMILES string of the molecule is CCCc1c(C)nc2ncnn2c1Nc1ccc(OC(F)(F)F)cc1. The summed E-state index contributed by atoms with van der Waals surface area (Å²) in [6, 6.07) is 5.52. The third-order valence-corrected chi connectivity index (χ3v) is 3.58. The zero-order valence-corrected chi connectivity index (χ0v) is 13.6. The van der Waals surface area contributed by atoms with Gasteiger partial charge in [-0.25, -0.2) is 4.98 Å². The van der Waals surface area contributed by atoms with Gasteiger partial charge in [-0.1, -0.05) is 13.3 Å². The molecule has 0 spiro atoms. The fourth-order valence-electron chi connectivity index (χ4n) is 2.54. The van der Waals surface area contributed by atoms with E-state index in [0.29, 0.717) is 17.3 Å². The monoisotopic (exact) mass is 351 g/mol. The first-order valence-electron chi connectivity index (χ1n) is 7.69. The minimum absolute atomic E-state index is 0.274. The Labute approximate surface area is 141 Å². The van der Waals surface area contributed by atoms with Crippen molar-refractivity contribution in [2.24, 2.45) is 0 Å². The third-order valence-electron chi connectivity index (χ3n) is 3.58. The van der Waals surface area contributed by atoms with Gasteiger partial charge in [0.2, 0.25) is 0 Å². The van der Waals surface area contributed by atoms with Gasteiger partial charge in [-0.05, 0) is 37.6 Å². The van der Waals surface area contributed by atoms with E-state index in [0.717, 1.165) is 24.1 Å². The molecule has 3 rings (SSSR count). The van der Waals surface area contributed by atoms with Crippen molar-refractivity contribution >= 4 is 17.3 Å². The van der Waals surface area contributed by atoms with Crippen molar-refractivity contribution in [2.45, 2.75) is 33.1 Å². The molecule has 0 aliphatic rings. The van der Waals surface area contributed by atoms with Crippen molar-refractivity contribution in [3.8, 4) is 5.75 Å². The zero-order valence-electron chi connectivity index (χ0n) is 13.6. The molecule has 2 heterocycles. The first-order chi connectivity index (χ1) is 11.9. The predicted molar refractivity (Wildman–Crippen MR) is 85.9 cm³/mol. The van der Waals surface area contributed by atoms with Gasteiger partial charge in [0, 0.05) is 16.9 Å². The van der Waals surface area contributed by atoms with Gasteiger partial charge in [0.05, 0.1) is 0 Å². The molecule has 0 amide bonds. The van der Waals surface area contributed by atoms with E-state index in [4.69, 9.17) is 0 Å². The largest absolute Gasteiger partial charge is 0.573 e. The van der Waals surface area contributed by atoms with Crippen LogP contribution in [0.5, 0.6) is 5.75 Å². The number of nitrogens with zero attached hydrogens (tertiary/aromatic N) is 4. The lowest BCUT2D eigenvalue weighted by Gasteiger charge is -2.15. The number of hydrogen-bond donors (Lipinski definition) is 1. The van der Waals surface area contributed by atoms with E-state index in [1.807, 2.05) is 6.92 Å². The first-order valence-corrected chi connectivity index (χ1v) is 7.69. The molecule has 0 saturated heterocycles. The van der Waals surface area contributed by atoms with Gasteiger partial charge >= 0.3 is 6.36 Å². The Morgan fingerprint density at radius 1 is 1.20 bits per heavy atom. The van der Waals surface area contributed by atoms with E-state index in [1.165, 1.54) is 30.6 Å². The highest BCUT2D eigenvalue weighted by molar-refractivity contribution is 5.63. The number of ether oxygens (including phenoxy) is 1. The molecule has 0 saturated carbocycles. The lowest BCUT2D eigenvalue weighted by Crippen LogP contribution is -2.17. The number of halogens is 3. The van der Waals surface area contributed by atoms with Gasteiger partial charge < -0.3 is 10.1 Å². The number of aryl methyl sites for hydroxylation is 1. The molecule has 25 heavy (non-hydrogen) atoms. The molecule has 9 heteroatoms. The molecule has 0 atom stereocenters. The second kappa shape index (κ2) is 6.58. The maximum Gasteiger partial charge on any atom is 0.573 e. The van der Waals surface area contributed by atoms with E-state index >= 15 is 0 Å². The number of hydrogen-bond acceptors (Lipinski definition) is 5. The number of fused-ring (bicyclic) bond motifs is 1.